The van der Waals surface area contributed by atoms with Gasteiger partial charge < -0.3 is 14.5 Å². The van der Waals surface area contributed by atoms with Crippen molar-refractivity contribution in [3.63, 3.8) is 0 Å². The first-order chi connectivity index (χ1) is 11.8. The van der Waals surface area contributed by atoms with Gasteiger partial charge in [0.1, 0.15) is 0 Å². The minimum atomic E-state index is -4.66. The quantitative estimate of drug-likeness (QED) is 0.0775. The maximum absolute atomic E-state index is 10.8. The van der Waals surface area contributed by atoms with Crippen LogP contribution < -0.4 is 108 Å². The summed E-state index contributed by atoms with van der Waals surface area (Å²) in [6.45, 7) is 2.10. The topological polar surface area (TPSA) is 107 Å². The molecule has 0 saturated heterocycles. The van der Waals surface area contributed by atoms with Crippen LogP contribution in [0.3, 0.4) is 0 Å². The number of carboxylic acid groups (broad SMARTS) is 1. The maximum atomic E-state index is 10.8. The van der Waals surface area contributed by atoms with Crippen molar-refractivity contribution in [3.05, 3.63) is 12.2 Å². The molecule has 0 aromatic rings. The van der Waals surface area contributed by atoms with E-state index in [1.807, 2.05) is 12.2 Å². The Morgan fingerprint density at radius 1 is 0.963 bits per heavy atom. The number of hydrogen-bond acceptors (Lipinski definition) is 6. The maximum Gasteiger partial charge on any atom is 1.00 e. The van der Waals surface area contributed by atoms with Crippen LogP contribution in [0.2, 0.25) is 0 Å². The molecule has 0 saturated carbocycles. The summed E-state index contributed by atoms with van der Waals surface area (Å²) in [5, 5.41) is 10.3. The number of allylic oxidation sites excluding steroid dienone is 1. The zero-order chi connectivity index (χ0) is 19.0. The second-order valence-corrected chi connectivity index (χ2v) is 7.37. The minimum Gasteiger partial charge on any atom is -0.726 e. The Labute approximate surface area is 250 Å². The molecule has 9 heteroatoms. The zero-order valence-corrected chi connectivity index (χ0v) is 24.3. The van der Waals surface area contributed by atoms with Gasteiger partial charge in [0, 0.05) is 5.97 Å². The molecule has 0 amide bonds. The van der Waals surface area contributed by atoms with Gasteiger partial charge in [-0.3, -0.25) is 4.18 Å². The zero-order valence-electron chi connectivity index (χ0n) is 17.3. The molecule has 0 spiro atoms. The largest absolute Gasteiger partial charge is 1.00 e. The Balaban J connectivity index is -0.00000288. The van der Waals surface area contributed by atoms with Gasteiger partial charge in [0.15, 0.2) is 0 Å². The summed E-state index contributed by atoms with van der Waals surface area (Å²) in [6.07, 6.45) is 14.0. The van der Waals surface area contributed by atoms with Crippen molar-refractivity contribution in [2.45, 2.75) is 96.5 Å². The van der Waals surface area contributed by atoms with E-state index >= 15 is 0 Å². The monoisotopic (exact) mass is 454 g/mol. The SMILES string of the molecule is CCCCCC[C@H](C/C=C/CCCCCCCC(=O)[O-])OS(=O)(=O)[O-].[K+].[K+]. The molecule has 27 heavy (non-hydrogen) atoms. The smallest absolute Gasteiger partial charge is 0.726 e. The van der Waals surface area contributed by atoms with Gasteiger partial charge in [-0.2, -0.15) is 0 Å². The summed E-state index contributed by atoms with van der Waals surface area (Å²) >= 11 is 0. The standard InChI is InChI=1S/C18H34O6S.2K/c1-2-3-4-11-14-17(24-25(21,22)23)15-12-9-7-5-6-8-10-13-16-18(19)20;;/h9,12,17H,2-8,10-11,13-16H2,1H3,(H,19,20)(H,21,22,23);;/q;2*+1/p-2/b12-9+;;/t17-;;/m1../s1. The molecular weight excluding hydrogens is 422 g/mol. The molecule has 1 atom stereocenters. The van der Waals surface area contributed by atoms with Crippen molar-refractivity contribution in [1.82, 2.24) is 0 Å². The van der Waals surface area contributed by atoms with Gasteiger partial charge in [-0.05, 0) is 38.5 Å². The van der Waals surface area contributed by atoms with E-state index in [-0.39, 0.29) is 109 Å². The Kier molecular flexibility index (Phi) is 29.0. The van der Waals surface area contributed by atoms with Crippen molar-refractivity contribution in [3.8, 4) is 0 Å². The first-order valence-electron chi connectivity index (χ1n) is 9.34. The number of rotatable bonds is 17. The number of carboxylic acids is 1. The van der Waals surface area contributed by atoms with Crippen LogP contribution in [-0.4, -0.2) is 25.0 Å². The average Bonchev–Trinajstić information content (AvgIpc) is 2.51. The van der Waals surface area contributed by atoms with Crippen molar-refractivity contribution >= 4 is 16.4 Å². The first-order valence-corrected chi connectivity index (χ1v) is 10.7. The van der Waals surface area contributed by atoms with E-state index in [0.717, 1.165) is 57.8 Å². The summed E-state index contributed by atoms with van der Waals surface area (Å²) in [7, 11) is -4.66. The van der Waals surface area contributed by atoms with Crippen molar-refractivity contribution in [2.75, 3.05) is 0 Å². The second-order valence-electron chi connectivity index (χ2n) is 6.36. The predicted octanol–water partition coefficient (Wildman–Crippen LogP) is -2.76. The molecule has 0 unspecified atom stereocenters. The Morgan fingerprint density at radius 3 is 2.15 bits per heavy atom. The van der Waals surface area contributed by atoms with Crippen LogP contribution in [-0.2, 0) is 19.4 Å². The molecule has 0 aliphatic rings. The molecule has 0 aromatic heterocycles. The third-order valence-electron chi connectivity index (χ3n) is 3.95. The van der Waals surface area contributed by atoms with E-state index in [1.54, 1.807) is 0 Å². The first kappa shape index (κ1) is 34.0. The van der Waals surface area contributed by atoms with Crippen LogP contribution in [0.5, 0.6) is 0 Å². The van der Waals surface area contributed by atoms with Crippen LogP contribution in [0, 0.1) is 0 Å². The third kappa shape index (κ3) is 28.4. The molecule has 0 bridgehead atoms. The van der Waals surface area contributed by atoms with Crippen LogP contribution in [0.15, 0.2) is 12.2 Å². The van der Waals surface area contributed by atoms with Crippen molar-refractivity contribution in [2.24, 2.45) is 0 Å². The molecule has 0 rings (SSSR count). The number of unbranched alkanes of at least 4 members (excludes halogenated alkanes) is 8. The van der Waals surface area contributed by atoms with Crippen molar-refractivity contribution < 1.29 is 130 Å². The molecule has 0 radical (unpaired) electrons. The van der Waals surface area contributed by atoms with Gasteiger partial charge in [-0.15, -0.1) is 0 Å². The fourth-order valence-corrected chi connectivity index (χ4v) is 3.11. The van der Waals surface area contributed by atoms with E-state index in [4.69, 9.17) is 0 Å². The average molecular weight is 455 g/mol. The van der Waals surface area contributed by atoms with Gasteiger partial charge >= 0.3 is 103 Å². The molecule has 0 aliphatic carbocycles. The summed E-state index contributed by atoms with van der Waals surface area (Å²) in [4.78, 5) is 10.3. The van der Waals surface area contributed by atoms with E-state index in [9.17, 15) is 22.9 Å². The van der Waals surface area contributed by atoms with E-state index in [1.165, 1.54) is 0 Å². The molecule has 0 aliphatic heterocycles. The van der Waals surface area contributed by atoms with Crippen LogP contribution in [0.1, 0.15) is 90.4 Å². The van der Waals surface area contributed by atoms with E-state index in [0.29, 0.717) is 19.3 Å². The Hall–Kier alpha value is 2.35. The summed E-state index contributed by atoms with van der Waals surface area (Å²) < 4.78 is 37.0. The summed E-state index contributed by atoms with van der Waals surface area (Å²) in [6, 6.07) is 0. The van der Waals surface area contributed by atoms with Crippen LogP contribution in [0.4, 0.5) is 0 Å². The van der Waals surface area contributed by atoms with Gasteiger partial charge in [0.05, 0.1) is 6.10 Å². The van der Waals surface area contributed by atoms with Gasteiger partial charge in [0.2, 0.25) is 10.4 Å². The molecule has 6 nitrogen and oxygen atoms in total. The second kappa shape index (κ2) is 23.0. The summed E-state index contributed by atoms with van der Waals surface area (Å²) in [5.74, 6) is -0.991. The van der Waals surface area contributed by atoms with E-state index < -0.39 is 22.5 Å². The molecule has 0 fully saturated rings. The molecule has 0 heterocycles. The van der Waals surface area contributed by atoms with Crippen LogP contribution in [0.25, 0.3) is 0 Å². The summed E-state index contributed by atoms with van der Waals surface area (Å²) in [5.41, 5.74) is 0. The fourth-order valence-electron chi connectivity index (χ4n) is 2.60. The van der Waals surface area contributed by atoms with Gasteiger partial charge in [-0.25, -0.2) is 8.42 Å². The van der Waals surface area contributed by atoms with Crippen LogP contribution >= 0.6 is 0 Å². The minimum absolute atomic E-state index is 0. The number of aliphatic carboxylic acids is 1. The Morgan fingerprint density at radius 2 is 1.56 bits per heavy atom. The third-order valence-corrected chi connectivity index (χ3v) is 4.46. The van der Waals surface area contributed by atoms with Gasteiger partial charge in [-0.1, -0.05) is 64.0 Å². The number of hydrogen-bond donors (Lipinski definition) is 0. The van der Waals surface area contributed by atoms with Gasteiger partial charge in [0.25, 0.3) is 0 Å². The molecule has 0 aromatic carbocycles. The predicted molar refractivity (Wildman–Crippen MR) is 94.4 cm³/mol. The fraction of sp³-hybridized carbons (Fsp3) is 0.833. The normalized spacial score (nSPS) is 12.4. The number of carbonyl (C=O) groups is 1. The van der Waals surface area contributed by atoms with E-state index in [2.05, 4.69) is 11.1 Å². The van der Waals surface area contributed by atoms with Crippen molar-refractivity contribution in [1.29, 1.82) is 0 Å². The molecule has 148 valence electrons. The molecular formula is C18H32K2O6S. The Bertz CT molecular complexity index is 468. The molecule has 0 N–H and O–H groups in total. The number of carbonyl (C=O) groups excluding carboxylic acids is 1.